The fraction of sp³-hybridized carbons (Fsp3) is 0.375. The van der Waals surface area contributed by atoms with Gasteiger partial charge in [0.1, 0.15) is 4.93 Å². The molecule has 0 spiro atoms. The van der Waals surface area contributed by atoms with Gasteiger partial charge in [0.05, 0.1) is 5.92 Å². The lowest BCUT2D eigenvalue weighted by Gasteiger charge is -2.28. The molecule has 0 amide bonds. The van der Waals surface area contributed by atoms with Crippen molar-refractivity contribution in [3.63, 3.8) is 0 Å². The average Bonchev–Trinajstić information content (AvgIpc) is 2.05. The van der Waals surface area contributed by atoms with Gasteiger partial charge < -0.3 is 5.11 Å². The largest absolute Gasteiger partial charge is 0.375 e. The highest BCUT2D eigenvalue weighted by atomic mass is 35.5. The normalized spacial score (nSPS) is 33.8. The first-order valence-electron chi connectivity index (χ1n) is 3.43. The van der Waals surface area contributed by atoms with Crippen LogP contribution >= 0.6 is 23.4 Å². The van der Waals surface area contributed by atoms with Gasteiger partial charge in [0.15, 0.2) is 0 Å². The molecule has 1 N–H and O–H groups in total. The summed E-state index contributed by atoms with van der Waals surface area (Å²) in [5.41, 5.74) is 0. The maximum absolute atomic E-state index is 10.9. The first-order valence-corrected chi connectivity index (χ1v) is 5.03. The van der Waals surface area contributed by atoms with E-state index in [1.54, 1.807) is 30.6 Å². The molecule has 1 rings (SSSR count). The van der Waals surface area contributed by atoms with Crippen LogP contribution in [0.25, 0.3) is 0 Å². The van der Waals surface area contributed by atoms with Crippen LogP contribution in [0.15, 0.2) is 24.3 Å². The van der Waals surface area contributed by atoms with Crippen LogP contribution in [0, 0.1) is 5.92 Å². The molecular formula is C8H9ClO2S. The highest BCUT2D eigenvalue weighted by molar-refractivity contribution is 8.00. The van der Waals surface area contributed by atoms with E-state index in [1.165, 1.54) is 11.8 Å². The summed E-state index contributed by atoms with van der Waals surface area (Å²) < 4.78 is 0. The van der Waals surface area contributed by atoms with Crippen molar-refractivity contribution in [3.05, 3.63) is 24.3 Å². The van der Waals surface area contributed by atoms with Crippen LogP contribution in [-0.2, 0) is 4.79 Å². The Labute approximate surface area is 80.3 Å². The number of carbonyl (C=O) groups is 1. The van der Waals surface area contributed by atoms with Crippen LogP contribution in [0.5, 0.6) is 0 Å². The quantitative estimate of drug-likeness (QED) is 0.548. The van der Waals surface area contributed by atoms with Gasteiger partial charge >= 0.3 is 0 Å². The second-order valence-electron chi connectivity index (χ2n) is 2.48. The molecule has 2 unspecified atom stereocenters. The van der Waals surface area contributed by atoms with Gasteiger partial charge in [-0.1, -0.05) is 18.2 Å². The topological polar surface area (TPSA) is 37.3 Å². The molecule has 1 aliphatic carbocycles. The third-order valence-electron chi connectivity index (χ3n) is 1.77. The van der Waals surface area contributed by atoms with Crippen LogP contribution < -0.4 is 0 Å². The second kappa shape index (κ2) is 3.64. The minimum Gasteiger partial charge on any atom is -0.375 e. The van der Waals surface area contributed by atoms with Crippen molar-refractivity contribution in [1.82, 2.24) is 0 Å². The predicted molar refractivity (Wildman–Crippen MR) is 51.1 cm³/mol. The lowest BCUT2D eigenvalue weighted by molar-refractivity contribution is -0.116. The summed E-state index contributed by atoms with van der Waals surface area (Å²) in [5.74, 6) is -0.640. The molecule has 1 aliphatic rings. The van der Waals surface area contributed by atoms with Gasteiger partial charge in [-0.2, -0.15) is 0 Å². The zero-order valence-corrected chi connectivity index (χ0v) is 8.10. The number of aliphatic hydroxyl groups is 1. The summed E-state index contributed by atoms with van der Waals surface area (Å²) in [5, 5.41) is 9.30. The Balaban J connectivity index is 2.92. The smallest absolute Gasteiger partial charge is 0.232 e. The molecule has 0 aromatic heterocycles. The van der Waals surface area contributed by atoms with E-state index in [1.807, 2.05) is 0 Å². The lowest BCUT2D eigenvalue weighted by atomic mass is 9.98. The number of rotatable bonds is 2. The van der Waals surface area contributed by atoms with Crippen molar-refractivity contribution in [2.24, 2.45) is 5.92 Å². The van der Waals surface area contributed by atoms with E-state index >= 15 is 0 Å². The molecule has 2 atom stereocenters. The molecule has 0 saturated carbocycles. The number of hydrogen-bond donors (Lipinski definition) is 1. The van der Waals surface area contributed by atoms with Crippen LogP contribution in [-0.4, -0.2) is 21.5 Å². The van der Waals surface area contributed by atoms with Gasteiger partial charge in [0, 0.05) is 0 Å². The summed E-state index contributed by atoms with van der Waals surface area (Å²) in [6.07, 6.45) is 8.31. The minimum atomic E-state index is -1.17. The first-order chi connectivity index (χ1) is 5.60. The highest BCUT2D eigenvalue weighted by Crippen LogP contribution is 2.34. The first kappa shape index (κ1) is 9.84. The molecular weight excluding hydrogens is 196 g/mol. The molecule has 0 aliphatic heterocycles. The Bertz CT molecular complexity index is 249. The standard InChI is InChI=1S/C8H9ClO2S/c1-12-8(11)5-3-2-4-6(8)7(9)10/h2-6,11H,1H3. The number of allylic oxidation sites excluding steroid dienone is 2. The molecule has 0 aromatic carbocycles. The van der Waals surface area contributed by atoms with Gasteiger partial charge in [-0.05, 0) is 23.9 Å². The minimum absolute atomic E-state index is 0.535. The van der Waals surface area contributed by atoms with Crippen LogP contribution in [0.1, 0.15) is 0 Å². The maximum Gasteiger partial charge on any atom is 0.232 e. The summed E-state index contributed by atoms with van der Waals surface area (Å²) in [6.45, 7) is 0. The van der Waals surface area contributed by atoms with Crippen molar-refractivity contribution in [3.8, 4) is 0 Å². The average molecular weight is 205 g/mol. The predicted octanol–water partition coefficient (Wildman–Crippen LogP) is 1.55. The molecule has 2 nitrogen and oxygen atoms in total. The Morgan fingerprint density at radius 2 is 2.33 bits per heavy atom. The van der Waals surface area contributed by atoms with E-state index < -0.39 is 16.1 Å². The Morgan fingerprint density at radius 3 is 2.75 bits per heavy atom. The van der Waals surface area contributed by atoms with Crippen LogP contribution in [0.4, 0.5) is 0 Å². The SMILES string of the molecule is CSC1(O)C=CC=CC1C(=O)Cl. The van der Waals surface area contributed by atoms with E-state index in [9.17, 15) is 9.90 Å². The molecule has 66 valence electrons. The van der Waals surface area contributed by atoms with Gasteiger partial charge in [0.25, 0.3) is 0 Å². The Hall–Kier alpha value is -0.250. The molecule has 0 aromatic rings. The van der Waals surface area contributed by atoms with Crippen molar-refractivity contribution in [1.29, 1.82) is 0 Å². The van der Waals surface area contributed by atoms with Gasteiger partial charge in [-0.3, -0.25) is 4.79 Å². The second-order valence-corrected chi connectivity index (χ2v) is 3.92. The zero-order valence-electron chi connectivity index (χ0n) is 6.53. The maximum atomic E-state index is 10.9. The van der Waals surface area contributed by atoms with Gasteiger partial charge in [-0.25, -0.2) is 0 Å². The summed E-state index contributed by atoms with van der Waals surface area (Å²) >= 11 is 6.52. The van der Waals surface area contributed by atoms with E-state index in [4.69, 9.17) is 11.6 Å². The van der Waals surface area contributed by atoms with Crippen molar-refractivity contribution < 1.29 is 9.90 Å². The zero-order chi connectivity index (χ0) is 9.19. The van der Waals surface area contributed by atoms with Crippen molar-refractivity contribution in [2.75, 3.05) is 6.26 Å². The van der Waals surface area contributed by atoms with Crippen LogP contribution in [0.3, 0.4) is 0 Å². The van der Waals surface area contributed by atoms with Crippen molar-refractivity contribution >= 4 is 28.6 Å². The van der Waals surface area contributed by atoms with Gasteiger partial charge in [-0.15, -0.1) is 11.8 Å². The van der Waals surface area contributed by atoms with E-state index in [0.29, 0.717) is 0 Å². The number of thioether (sulfide) groups is 1. The van der Waals surface area contributed by atoms with E-state index in [-0.39, 0.29) is 0 Å². The molecule has 0 heterocycles. The Morgan fingerprint density at radius 1 is 1.67 bits per heavy atom. The molecule has 4 heteroatoms. The summed E-state index contributed by atoms with van der Waals surface area (Å²) in [4.78, 5) is 9.71. The van der Waals surface area contributed by atoms with E-state index in [2.05, 4.69) is 0 Å². The molecule has 12 heavy (non-hydrogen) atoms. The number of halogens is 1. The lowest BCUT2D eigenvalue weighted by Crippen LogP contribution is -2.35. The van der Waals surface area contributed by atoms with Crippen LogP contribution in [0.2, 0.25) is 0 Å². The fourth-order valence-electron chi connectivity index (χ4n) is 1.04. The molecule has 0 saturated heterocycles. The summed E-state index contributed by atoms with van der Waals surface area (Å²) in [7, 11) is 0. The summed E-state index contributed by atoms with van der Waals surface area (Å²) in [6, 6.07) is 0. The number of hydrogen-bond acceptors (Lipinski definition) is 3. The highest BCUT2D eigenvalue weighted by Gasteiger charge is 2.37. The van der Waals surface area contributed by atoms with Gasteiger partial charge in [0.2, 0.25) is 5.24 Å². The van der Waals surface area contributed by atoms with E-state index in [0.717, 1.165) is 0 Å². The van der Waals surface area contributed by atoms with Crippen molar-refractivity contribution in [2.45, 2.75) is 4.93 Å². The molecule has 0 radical (unpaired) electrons. The fourth-order valence-corrected chi connectivity index (χ4v) is 2.00. The Kier molecular flexibility index (Phi) is 2.99. The third kappa shape index (κ3) is 1.73. The monoisotopic (exact) mass is 204 g/mol. The molecule has 0 bridgehead atoms. The third-order valence-corrected chi connectivity index (χ3v) is 3.05. The number of carbonyl (C=O) groups excluding carboxylic acids is 1. The molecule has 0 fully saturated rings.